The summed E-state index contributed by atoms with van der Waals surface area (Å²) in [5.74, 6) is 0. The molecule has 0 unspecified atom stereocenters. The molecule has 0 spiro atoms. The lowest BCUT2D eigenvalue weighted by molar-refractivity contribution is 0.0566. The first-order valence-corrected chi connectivity index (χ1v) is 5.48. The molecule has 0 aromatic rings. The van der Waals surface area contributed by atoms with Crippen molar-refractivity contribution in [3.63, 3.8) is 0 Å². The molecule has 6 heteroatoms. The fraction of sp³-hybridized carbons (Fsp3) is 1.00. The Morgan fingerprint density at radius 1 is 1.19 bits per heavy atom. The van der Waals surface area contributed by atoms with Gasteiger partial charge in [0.05, 0.1) is 19.8 Å². The van der Waals surface area contributed by atoms with Crippen LogP contribution in [0.15, 0.2) is 0 Å². The zero-order valence-corrected chi connectivity index (χ0v) is 9.83. The van der Waals surface area contributed by atoms with E-state index in [0.29, 0.717) is 39.5 Å². The van der Waals surface area contributed by atoms with Crippen LogP contribution in [0.1, 0.15) is 6.42 Å². The molecule has 98 valence electrons. The average Bonchev–Trinajstić information content (AvgIpc) is 2.22. The first-order chi connectivity index (χ1) is 7.70. The van der Waals surface area contributed by atoms with Crippen molar-refractivity contribution in [2.24, 2.45) is 5.73 Å². The van der Waals surface area contributed by atoms with Crippen molar-refractivity contribution in [2.45, 2.75) is 12.8 Å². The second-order valence-corrected chi connectivity index (χ2v) is 3.44. The number of alkyl halides is 2. The Morgan fingerprint density at radius 3 is 2.50 bits per heavy atom. The highest BCUT2D eigenvalue weighted by molar-refractivity contribution is 4.59. The van der Waals surface area contributed by atoms with Crippen LogP contribution in [0.25, 0.3) is 0 Å². The molecule has 0 aliphatic heterocycles. The second kappa shape index (κ2) is 11.2. The van der Waals surface area contributed by atoms with Gasteiger partial charge in [0.2, 0.25) is 0 Å². The Hall–Kier alpha value is -0.300. The average molecular weight is 240 g/mol. The first kappa shape index (κ1) is 15.7. The summed E-state index contributed by atoms with van der Waals surface area (Å²) in [5.41, 5.74) is 5.34. The Balaban J connectivity index is 3.44. The first-order valence-electron chi connectivity index (χ1n) is 5.48. The molecule has 4 nitrogen and oxygen atoms in total. The third kappa shape index (κ3) is 10.2. The normalized spacial score (nSPS) is 11.6. The van der Waals surface area contributed by atoms with Crippen LogP contribution in [0.2, 0.25) is 0 Å². The predicted octanol–water partition coefficient (Wildman–Crippen LogP) is 0.565. The van der Waals surface area contributed by atoms with Gasteiger partial charge in [-0.2, -0.15) is 0 Å². The van der Waals surface area contributed by atoms with Gasteiger partial charge in [-0.05, 0) is 6.42 Å². The third-order valence-electron chi connectivity index (χ3n) is 2.04. The van der Waals surface area contributed by atoms with Gasteiger partial charge in [0.25, 0.3) is 6.43 Å². The van der Waals surface area contributed by atoms with Crippen LogP contribution in [0.4, 0.5) is 8.78 Å². The van der Waals surface area contributed by atoms with Crippen molar-refractivity contribution in [3.05, 3.63) is 0 Å². The van der Waals surface area contributed by atoms with Gasteiger partial charge < -0.3 is 15.2 Å². The van der Waals surface area contributed by atoms with Gasteiger partial charge in [0.1, 0.15) is 0 Å². The molecule has 0 atom stereocenters. The van der Waals surface area contributed by atoms with Crippen LogP contribution in [0.5, 0.6) is 0 Å². The van der Waals surface area contributed by atoms with Crippen LogP contribution in [-0.2, 0) is 9.47 Å². The van der Waals surface area contributed by atoms with E-state index in [1.54, 1.807) is 12.0 Å². The predicted molar refractivity (Wildman–Crippen MR) is 58.8 cm³/mol. The molecule has 0 saturated heterocycles. The minimum Gasteiger partial charge on any atom is -0.382 e. The van der Waals surface area contributed by atoms with E-state index in [0.717, 1.165) is 6.42 Å². The standard InChI is InChI=1S/C10H22F2N2O2/c1-15-7-8-16-6-2-4-14(5-3-13)9-10(11)12/h10H,2-9,13H2,1H3. The zero-order valence-electron chi connectivity index (χ0n) is 9.83. The van der Waals surface area contributed by atoms with E-state index in [1.165, 1.54) is 0 Å². The van der Waals surface area contributed by atoms with E-state index in [1.807, 2.05) is 0 Å². The molecule has 0 rings (SSSR count). The summed E-state index contributed by atoms with van der Waals surface area (Å²) < 4.78 is 34.4. The Morgan fingerprint density at radius 2 is 1.94 bits per heavy atom. The van der Waals surface area contributed by atoms with Gasteiger partial charge in [-0.15, -0.1) is 0 Å². The van der Waals surface area contributed by atoms with Crippen molar-refractivity contribution < 1.29 is 18.3 Å². The lowest BCUT2D eigenvalue weighted by Crippen LogP contribution is -2.34. The lowest BCUT2D eigenvalue weighted by Gasteiger charge is -2.20. The molecule has 2 N–H and O–H groups in total. The Kier molecular flexibility index (Phi) is 11.0. The molecule has 0 saturated carbocycles. The molecule has 16 heavy (non-hydrogen) atoms. The summed E-state index contributed by atoms with van der Waals surface area (Å²) in [5, 5.41) is 0. The third-order valence-corrected chi connectivity index (χ3v) is 2.04. The molecular formula is C10H22F2N2O2. The fourth-order valence-corrected chi connectivity index (χ4v) is 1.31. The summed E-state index contributed by atoms with van der Waals surface area (Å²) in [6, 6.07) is 0. The summed E-state index contributed by atoms with van der Waals surface area (Å²) >= 11 is 0. The van der Waals surface area contributed by atoms with Crippen molar-refractivity contribution in [1.82, 2.24) is 4.90 Å². The summed E-state index contributed by atoms with van der Waals surface area (Å²) in [6.45, 7) is 2.95. The van der Waals surface area contributed by atoms with Crippen LogP contribution in [-0.4, -0.2) is 64.4 Å². The molecule has 0 amide bonds. The van der Waals surface area contributed by atoms with Crippen molar-refractivity contribution in [1.29, 1.82) is 0 Å². The molecule has 0 aromatic heterocycles. The minimum absolute atomic E-state index is 0.213. The van der Waals surface area contributed by atoms with Crippen molar-refractivity contribution in [2.75, 3.05) is 53.1 Å². The summed E-state index contributed by atoms with van der Waals surface area (Å²) in [6.07, 6.45) is -1.57. The smallest absolute Gasteiger partial charge is 0.251 e. The number of rotatable bonds is 11. The van der Waals surface area contributed by atoms with Crippen LogP contribution >= 0.6 is 0 Å². The molecule has 0 aliphatic carbocycles. The number of methoxy groups -OCH3 is 1. The van der Waals surface area contributed by atoms with Crippen molar-refractivity contribution >= 4 is 0 Å². The molecule has 0 aliphatic rings. The van der Waals surface area contributed by atoms with Crippen LogP contribution in [0, 0.1) is 0 Å². The molecule has 0 radical (unpaired) electrons. The maximum atomic E-state index is 12.2. The maximum absolute atomic E-state index is 12.2. The van der Waals surface area contributed by atoms with E-state index < -0.39 is 6.43 Å². The van der Waals surface area contributed by atoms with E-state index in [4.69, 9.17) is 15.2 Å². The van der Waals surface area contributed by atoms with E-state index >= 15 is 0 Å². The Bertz CT molecular complexity index is 151. The largest absolute Gasteiger partial charge is 0.382 e. The highest BCUT2D eigenvalue weighted by Crippen LogP contribution is 1.99. The molecule has 0 bridgehead atoms. The monoisotopic (exact) mass is 240 g/mol. The van der Waals surface area contributed by atoms with E-state index in [9.17, 15) is 8.78 Å². The van der Waals surface area contributed by atoms with Gasteiger partial charge in [0.15, 0.2) is 0 Å². The number of nitrogens with zero attached hydrogens (tertiary/aromatic N) is 1. The SMILES string of the molecule is COCCOCCCN(CCN)CC(F)F. The van der Waals surface area contributed by atoms with E-state index in [-0.39, 0.29) is 6.54 Å². The van der Waals surface area contributed by atoms with Gasteiger partial charge in [0, 0.05) is 33.4 Å². The quantitative estimate of drug-likeness (QED) is 0.536. The number of halogens is 2. The van der Waals surface area contributed by atoms with Crippen LogP contribution in [0.3, 0.4) is 0 Å². The Labute approximate surface area is 95.7 Å². The summed E-state index contributed by atoms with van der Waals surface area (Å²) in [7, 11) is 1.61. The topological polar surface area (TPSA) is 47.7 Å². The van der Waals surface area contributed by atoms with E-state index in [2.05, 4.69) is 0 Å². The van der Waals surface area contributed by atoms with Gasteiger partial charge in [-0.25, -0.2) is 8.78 Å². The second-order valence-electron chi connectivity index (χ2n) is 3.44. The summed E-state index contributed by atoms with van der Waals surface area (Å²) in [4.78, 5) is 1.66. The molecule has 0 aromatic carbocycles. The maximum Gasteiger partial charge on any atom is 0.251 e. The fourth-order valence-electron chi connectivity index (χ4n) is 1.31. The highest BCUT2D eigenvalue weighted by atomic mass is 19.3. The molecule has 0 heterocycles. The number of ether oxygens (including phenoxy) is 2. The van der Waals surface area contributed by atoms with Gasteiger partial charge in [-0.3, -0.25) is 4.90 Å². The molecular weight excluding hydrogens is 218 g/mol. The van der Waals surface area contributed by atoms with Crippen LogP contribution < -0.4 is 5.73 Å². The van der Waals surface area contributed by atoms with Gasteiger partial charge in [-0.1, -0.05) is 0 Å². The number of hydrogen-bond acceptors (Lipinski definition) is 4. The molecule has 0 fully saturated rings. The number of hydrogen-bond donors (Lipinski definition) is 1. The lowest BCUT2D eigenvalue weighted by atomic mass is 10.3. The minimum atomic E-state index is -2.30. The van der Waals surface area contributed by atoms with Gasteiger partial charge >= 0.3 is 0 Å². The zero-order chi connectivity index (χ0) is 12.2. The highest BCUT2D eigenvalue weighted by Gasteiger charge is 2.10. The number of nitrogens with two attached hydrogens (primary N) is 1. The van der Waals surface area contributed by atoms with Crippen molar-refractivity contribution in [3.8, 4) is 0 Å².